The summed E-state index contributed by atoms with van der Waals surface area (Å²) < 4.78 is 6.61. The van der Waals surface area contributed by atoms with Gasteiger partial charge in [0, 0.05) is 30.2 Å². The molecule has 0 saturated heterocycles. The maximum Gasteiger partial charge on any atom is 0.262 e. The van der Waals surface area contributed by atoms with E-state index in [4.69, 9.17) is 9.72 Å². The zero-order chi connectivity index (χ0) is 20.4. The molecule has 2 aromatic carbocycles. The summed E-state index contributed by atoms with van der Waals surface area (Å²) in [5.74, 6) is 0.770. The molecule has 6 nitrogen and oxygen atoms in total. The van der Waals surface area contributed by atoms with Crippen LogP contribution in [0.4, 0.5) is 5.13 Å². The zero-order valence-corrected chi connectivity index (χ0v) is 18.8. The summed E-state index contributed by atoms with van der Waals surface area (Å²) in [7, 11) is 4.00. The largest absolute Gasteiger partial charge is 0.494 e. The predicted molar refractivity (Wildman–Crippen MR) is 127 cm³/mol. The number of benzene rings is 2. The Morgan fingerprint density at radius 3 is 2.73 bits per heavy atom. The molecule has 0 radical (unpaired) electrons. The lowest BCUT2D eigenvalue weighted by Crippen LogP contribution is -2.36. The molecule has 0 fully saturated rings. The topological polar surface area (TPSA) is 61.5 Å². The molecule has 1 N–H and O–H groups in total. The van der Waals surface area contributed by atoms with Crippen molar-refractivity contribution in [1.29, 1.82) is 0 Å². The average Bonchev–Trinajstić information content (AvgIpc) is 3.31. The third-order valence-electron chi connectivity index (χ3n) is 4.73. The minimum Gasteiger partial charge on any atom is -0.494 e. The van der Waals surface area contributed by atoms with E-state index in [2.05, 4.69) is 9.88 Å². The number of ether oxygens (including phenoxy) is 1. The number of H-pyrrole nitrogens is 1. The average molecular weight is 445 g/mol. The van der Waals surface area contributed by atoms with Crippen LogP contribution >= 0.6 is 23.7 Å². The molecule has 30 heavy (non-hydrogen) atoms. The second kappa shape index (κ2) is 9.47. The molecule has 4 rings (SSSR count). The molecule has 2 heterocycles. The number of likely N-dealkylation sites (N-methyl/N-ethyl adjacent to an activating group) is 1. The van der Waals surface area contributed by atoms with Crippen LogP contribution in [0.15, 0.2) is 48.7 Å². The molecule has 0 unspecified atom stereocenters. The van der Waals surface area contributed by atoms with Crippen molar-refractivity contribution in [2.24, 2.45) is 0 Å². The third kappa shape index (κ3) is 4.43. The molecule has 1 amide bonds. The fraction of sp³-hybridized carbons (Fsp3) is 0.273. The quantitative estimate of drug-likeness (QED) is 0.444. The number of fused-ring (bicyclic) bond motifs is 2. The number of anilines is 1. The molecule has 4 aromatic rings. The first kappa shape index (κ1) is 22.1. The van der Waals surface area contributed by atoms with Crippen LogP contribution in [0.5, 0.6) is 5.75 Å². The number of para-hydroxylation sites is 1. The number of halogens is 1. The molecule has 0 aliphatic rings. The van der Waals surface area contributed by atoms with Crippen molar-refractivity contribution in [3.8, 4) is 5.75 Å². The van der Waals surface area contributed by atoms with Crippen LogP contribution < -0.4 is 9.64 Å². The zero-order valence-electron chi connectivity index (χ0n) is 17.2. The van der Waals surface area contributed by atoms with Gasteiger partial charge in [-0.1, -0.05) is 29.5 Å². The summed E-state index contributed by atoms with van der Waals surface area (Å²) in [6, 6.07) is 13.7. The summed E-state index contributed by atoms with van der Waals surface area (Å²) in [6.45, 7) is 3.88. The van der Waals surface area contributed by atoms with E-state index in [9.17, 15) is 4.79 Å². The molecule has 0 aliphatic carbocycles. The fourth-order valence-electron chi connectivity index (χ4n) is 3.24. The van der Waals surface area contributed by atoms with Gasteiger partial charge in [0.25, 0.3) is 5.91 Å². The van der Waals surface area contributed by atoms with Crippen LogP contribution in [0.25, 0.3) is 21.1 Å². The minimum atomic E-state index is -0.0478. The lowest BCUT2D eigenvalue weighted by molar-refractivity contribution is 0.0987. The van der Waals surface area contributed by atoms with E-state index < -0.39 is 0 Å². The molecular weight excluding hydrogens is 420 g/mol. The van der Waals surface area contributed by atoms with Gasteiger partial charge in [0.15, 0.2) is 5.13 Å². The number of hydrogen-bond acceptors (Lipinski definition) is 5. The number of carbonyl (C=O) groups excluding carboxylic acids is 1. The summed E-state index contributed by atoms with van der Waals surface area (Å²) in [6.07, 6.45) is 1.79. The highest BCUT2D eigenvalue weighted by Gasteiger charge is 2.23. The van der Waals surface area contributed by atoms with E-state index in [-0.39, 0.29) is 18.3 Å². The van der Waals surface area contributed by atoms with Gasteiger partial charge in [-0.15, -0.1) is 12.4 Å². The fourth-order valence-corrected chi connectivity index (χ4v) is 4.26. The smallest absolute Gasteiger partial charge is 0.262 e. The predicted octanol–water partition coefficient (Wildman–Crippen LogP) is 4.81. The lowest BCUT2D eigenvalue weighted by atomic mass is 10.1. The Balaban J connectivity index is 0.00000256. The maximum absolute atomic E-state index is 13.5. The Kier molecular flexibility index (Phi) is 6.97. The van der Waals surface area contributed by atoms with Crippen molar-refractivity contribution in [2.75, 3.05) is 38.7 Å². The van der Waals surface area contributed by atoms with E-state index in [0.29, 0.717) is 23.8 Å². The van der Waals surface area contributed by atoms with Crippen LogP contribution in [0.3, 0.4) is 0 Å². The Morgan fingerprint density at radius 2 is 1.97 bits per heavy atom. The highest BCUT2D eigenvalue weighted by atomic mass is 35.5. The minimum absolute atomic E-state index is 0. The van der Waals surface area contributed by atoms with Crippen molar-refractivity contribution in [3.63, 3.8) is 0 Å². The molecular formula is C22H25ClN4O2S. The van der Waals surface area contributed by atoms with Crippen LogP contribution in [-0.4, -0.2) is 54.6 Å². The Labute approximate surface area is 185 Å². The van der Waals surface area contributed by atoms with Gasteiger partial charge in [0.05, 0.1) is 22.4 Å². The molecule has 0 atom stereocenters. The Hall–Kier alpha value is -2.61. The van der Waals surface area contributed by atoms with E-state index >= 15 is 0 Å². The number of carbonyl (C=O) groups is 1. The van der Waals surface area contributed by atoms with Crippen LogP contribution in [0, 0.1) is 0 Å². The normalized spacial score (nSPS) is 11.1. The highest BCUT2D eigenvalue weighted by Crippen LogP contribution is 2.33. The molecule has 0 aliphatic heterocycles. The number of nitrogens with one attached hydrogen (secondary N) is 1. The molecule has 0 bridgehead atoms. The first-order valence-electron chi connectivity index (χ1n) is 9.63. The third-order valence-corrected chi connectivity index (χ3v) is 5.77. The highest BCUT2D eigenvalue weighted by molar-refractivity contribution is 7.22. The monoisotopic (exact) mass is 444 g/mol. The van der Waals surface area contributed by atoms with E-state index in [0.717, 1.165) is 33.4 Å². The van der Waals surface area contributed by atoms with Crippen LogP contribution in [0.2, 0.25) is 0 Å². The van der Waals surface area contributed by atoms with Gasteiger partial charge in [-0.25, -0.2) is 4.98 Å². The summed E-state index contributed by atoms with van der Waals surface area (Å²) in [5, 5.41) is 1.62. The second-order valence-electron chi connectivity index (χ2n) is 7.07. The molecule has 158 valence electrons. The molecule has 2 aromatic heterocycles. The summed E-state index contributed by atoms with van der Waals surface area (Å²) in [5.41, 5.74) is 2.48. The van der Waals surface area contributed by atoms with Gasteiger partial charge in [0.1, 0.15) is 5.75 Å². The molecule has 0 saturated carbocycles. The van der Waals surface area contributed by atoms with E-state index in [1.807, 2.05) is 63.5 Å². The van der Waals surface area contributed by atoms with Gasteiger partial charge in [-0.3, -0.25) is 9.69 Å². The van der Waals surface area contributed by atoms with Crippen LogP contribution in [0.1, 0.15) is 17.3 Å². The standard InChI is InChI=1S/C22H24N4O2S.ClH/c1-4-28-15-9-10-19-20(13-15)29-22(24-19)26(12-11-25(2)3)21(27)17-14-23-18-8-6-5-7-16(17)18;/h5-10,13-14,23H,4,11-12H2,1-3H3;1H. The number of hydrogen-bond donors (Lipinski definition) is 1. The number of aromatic amines is 1. The Bertz CT molecular complexity index is 1150. The number of aromatic nitrogens is 2. The second-order valence-corrected chi connectivity index (χ2v) is 8.08. The first-order valence-corrected chi connectivity index (χ1v) is 10.4. The van der Waals surface area contributed by atoms with Crippen molar-refractivity contribution >= 4 is 55.9 Å². The number of amides is 1. The maximum atomic E-state index is 13.5. The molecule has 8 heteroatoms. The van der Waals surface area contributed by atoms with Crippen LogP contribution in [-0.2, 0) is 0 Å². The lowest BCUT2D eigenvalue weighted by Gasteiger charge is -2.21. The number of thiazole rings is 1. The summed E-state index contributed by atoms with van der Waals surface area (Å²) in [4.78, 5) is 25.3. The number of nitrogens with zero attached hydrogens (tertiary/aromatic N) is 3. The van der Waals surface area contributed by atoms with Gasteiger partial charge in [-0.05, 0) is 45.3 Å². The van der Waals surface area contributed by atoms with E-state index in [1.54, 1.807) is 11.1 Å². The van der Waals surface area contributed by atoms with Crippen molar-refractivity contribution in [1.82, 2.24) is 14.9 Å². The summed E-state index contributed by atoms with van der Waals surface area (Å²) >= 11 is 1.51. The van der Waals surface area contributed by atoms with Crippen molar-refractivity contribution in [3.05, 3.63) is 54.2 Å². The first-order chi connectivity index (χ1) is 14.1. The van der Waals surface area contributed by atoms with Gasteiger partial charge in [-0.2, -0.15) is 0 Å². The SMILES string of the molecule is CCOc1ccc2nc(N(CCN(C)C)C(=O)c3c[nH]c4ccccc34)sc2c1.Cl. The van der Waals surface area contributed by atoms with Gasteiger partial charge < -0.3 is 14.6 Å². The van der Waals surface area contributed by atoms with Gasteiger partial charge >= 0.3 is 0 Å². The van der Waals surface area contributed by atoms with Crippen molar-refractivity contribution < 1.29 is 9.53 Å². The molecule has 0 spiro atoms. The van der Waals surface area contributed by atoms with Gasteiger partial charge in [0.2, 0.25) is 0 Å². The number of rotatable bonds is 7. The van der Waals surface area contributed by atoms with E-state index in [1.165, 1.54) is 11.3 Å². The van der Waals surface area contributed by atoms with Crippen molar-refractivity contribution in [2.45, 2.75) is 6.92 Å². The Morgan fingerprint density at radius 1 is 1.17 bits per heavy atom.